The molecule has 8 heteroatoms. The summed E-state index contributed by atoms with van der Waals surface area (Å²) < 4.78 is 11.4. The summed E-state index contributed by atoms with van der Waals surface area (Å²) in [5.74, 6) is -0.510. The molecule has 1 aliphatic heterocycles. The van der Waals surface area contributed by atoms with E-state index < -0.39 is 17.7 Å². The van der Waals surface area contributed by atoms with Gasteiger partial charge in [-0.3, -0.25) is 14.5 Å². The van der Waals surface area contributed by atoms with Crippen molar-refractivity contribution in [2.45, 2.75) is 19.4 Å². The van der Waals surface area contributed by atoms with Crippen LogP contribution < -0.4 is 14.4 Å². The third-order valence-electron chi connectivity index (χ3n) is 6.30. The number of carbonyl (C=O) groups is 2. The van der Waals surface area contributed by atoms with E-state index in [0.717, 1.165) is 22.2 Å². The Bertz CT molecular complexity index is 1490. The van der Waals surface area contributed by atoms with Crippen molar-refractivity contribution in [2.75, 3.05) is 19.1 Å². The molecular formula is C28H24N2O5S. The van der Waals surface area contributed by atoms with Crippen molar-refractivity contribution in [3.63, 3.8) is 0 Å². The first-order chi connectivity index (χ1) is 17.4. The van der Waals surface area contributed by atoms with Crippen LogP contribution in [0.5, 0.6) is 11.5 Å². The zero-order valence-corrected chi connectivity index (χ0v) is 20.8. The van der Waals surface area contributed by atoms with Gasteiger partial charge in [0.15, 0.2) is 5.13 Å². The average Bonchev–Trinajstić information content (AvgIpc) is 3.45. The van der Waals surface area contributed by atoms with E-state index in [1.165, 1.54) is 16.2 Å². The minimum atomic E-state index is -0.857. The van der Waals surface area contributed by atoms with Gasteiger partial charge in [-0.05, 0) is 66.1 Å². The second-order valence-corrected chi connectivity index (χ2v) is 9.33. The summed E-state index contributed by atoms with van der Waals surface area (Å²) in [5, 5.41) is 11.7. The van der Waals surface area contributed by atoms with Crippen molar-refractivity contribution in [3.05, 3.63) is 89.0 Å². The molecule has 3 aromatic carbocycles. The van der Waals surface area contributed by atoms with Gasteiger partial charge in [-0.25, -0.2) is 4.98 Å². The largest absolute Gasteiger partial charge is 0.507 e. The lowest BCUT2D eigenvalue weighted by Gasteiger charge is -2.23. The molecule has 1 atom stereocenters. The number of thiazole rings is 1. The van der Waals surface area contributed by atoms with Gasteiger partial charge in [0.2, 0.25) is 0 Å². The van der Waals surface area contributed by atoms with Gasteiger partial charge in [-0.2, -0.15) is 0 Å². The Labute approximate surface area is 212 Å². The van der Waals surface area contributed by atoms with Gasteiger partial charge < -0.3 is 14.6 Å². The highest BCUT2D eigenvalue weighted by molar-refractivity contribution is 7.22. The van der Waals surface area contributed by atoms with Crippen LogP contribution in [0, 0.1) is 0 Å². The number of nitrogens with zero attached hydrogens (tertiary/aromatic N) is 2. The second-order valence-electron chi connectivity index (χ2n) is 8.32. The number of ether oxygens (including phenoxy) is 2. The lowest BCUT2D eigenvalue weighted by molar-refractivity contribution is -0.132. The molecule has 2 heterocycles. The minimum absolute atomic E-state index is 0.00355. The third-order valence-corrected chi connectivity index (χ3v) is 7.31. The molecule has 7 nitrogen and oxygen atoms in total. The Morgan fingerprint density at radius 1 is 0.972 bits per heavy atom. The van der Waals surface area contributed by atoms with Crippen molar-refractivity contribution in [2.24, 2.45) is 0 Å². The van der Waals surface area contributed by atoms with Crippen LogP contribution in [0.3, 0.4) is 0 Å². The zero-order chi connectivity index (χ0) is 25.4. The number of rotatable bonds is 6. The quantitative estimate of drug-likeness (QED) is 0.214. The van der Waals surface area contributed by atoms with E-state index in [4.69, 9.17) is 9.47 Å². The molecule has 36 heavy (non-hydrogen) atoms. The molecule has 0 spiro atoms. The highest BCUT2D eigenvalue weighted by atomic mass is 32.1. The molecule has 1 aliphatic rings. The number of amides is 1. The van der Waals surface area contributed by atoms with Crippen LogP contribution in [-0.4, -0.2) is 36.0 Å². The van der Waals surface area contributed by atoms with E-state index in [9.17, 15) is 14.7 Å². The van der Waals surface area contributed by atoms with Crippen molar-refractivity contribution < 1.29 is 24.2 Å². The molecule has 0 aliphatic carbocycles. The van der Waals surface area contributed by atoms with Gasteiger partial charge in [-0.1, -0.05) is 36.5 Å². The number of anilines is 1. The predicted molar refractivity (Wildman–Crippen MR) is 140 cm³/mol. The fourth-order valence-electron chi connectivity index (χ4n) is 4.32. The van der Waals surface area contributed by atoms with Gasteiger partial charge in [0.25, 0.3) is 5.78 Å². The van der Waals surface area contributed by atoms with Crippen LogP contribution in [0.1, 0.15) is 29.7 Å². The maximum absolute atomic E-state index is 13.4. The summed E-state index contributed by atoms with van der Waals surface area (Å²) >= 11 is 1.35. The molecule has 5 rings (SSSR count). The standard InChI is InChI=1S/C28H24N2O5S/c1-4-16-5-14-21-22(15-16)36-28(29-21)30-24(17-6-10-19(34-2)11-7-17)23(26(32)27(30)33)25(31)18-8-12-20(35-3)13-9-18/h5-15,24,31H,4H2,1-3H3/t24-/m1/s1. The van der Waals surface area contributed by atoms with Crippen molar-refractivity contribution in [1.29, 1.82) is 0 Å². The van der Waals surface area contributed by atoms with E-state index in [0.29, 0.717) is 27.8 Å². The number of ketones is 1. The number of methoxy groups -OCH3 is 2. The van der Waals surface area contributed by atoms with E-state index in [2.05, 4.69) is 11.9 Å². The first-order valence-electron chi connectivity index (χ1n) is 11.4. The molecule has 0 saturated carbocycles. The molecule has 0 bridgehead atoms. The summed E-state index contributed by atoms with van der Waals surface area (Å²) in [5.41, 5.74) is 2.97. The van der Waals surface area contributed by atoms with Crippen molar-refractivity contribution >= 4 is 44.1 Å². The number of aliphatic hydroxyl groups is 1. The Balaban J connectivity index is 1.69. The number of Topliss-reactive ketones (excluding diaryl/α,β-unsaturated/α-hetero) is 1. The fourth-order valence-corrected chi connectivity index (χ4v) is 5.37. The van der Waals surface area contributed by atoms with Crippen LogP contribution >= 0.6 is 11.3 Å². The number of fused-ring (bicyclic) bond motifs is 1. The monoisotopic (exact) mass is 500 g/mol. The summed E-state index contributed by atoms with van der Waals surface area (Å²) in [6, 6.07) is 18.9. The summed E-state index contributed by atoms with van der Waals surface area (Å²) in [6.45, 7) is 2.07. The maximum atomic E-state index is 13.4. The van der Waals surface area contributed by atoms with E-state index >= 15 is 0 Å². The highest BCUT2D eigenvalue weighted by Crippen LogP contribution is 2.44. The van der Waals surface area contributed by atoms with E-state index in [-0.39, 0.29) is 11.3 Å². The van der Waals surface area contributed by atoms with Crippen molar-refractivity contribution in [3.8, 4) is 11.5 Å². The van der Waals surface area contributed by atoms with Crippen LogP contribution in [0.25, 0.3) is 16.0 Å². The summed E-state index contributed by atoms with van der Waals surface area (Å²) in [6.07, 6.45) is 0.876. The lowest BCUT2D eigenvalue weighted by Crippen LogP contribution is -2.29. The van der Waals surface area contributed by atoms with E-state index in [1.54, 1.807) is 62.8 Å². The molecular weight excluding hydrogens is 476 g/mol. The third kappa shape index (κ3) is 3.99. The molecule has 1 fully saturated rings. The number of aromatic nitrogens is 1. The van der Waals surface area contributed by atoms with Crippen molar-refractivity contribution in [1.82, 2.24) is 4.98 Å². The van der Waals surface area contributed by atoms with Gasteiger partial charge in [0, 0.05) is 5.56 Å². The number of hydrogen-bond donors (Lipinski definition) is 1. The lowest BCUT2D eigenvalue weighted by atomic mass is 9.95. The SMILES string of the molecule is CCc1ccc2nc(N3C(=O)C(=O)C(=C(O)c4ccc(OC)cc4)[C@H]3c3ccc(OC)cc3)sc2c1. The minimum Gasteiger partial charge on any atom is -0.507 e. The first-order valence-corrected chi connectivity index (χ1v) is 12.3. The maximum Gasteiger partial charge on any atom is 0.301 e. The van der Waals surface area contributed by atoms with Crippen LogP contribution in [-0.2, 0) is 16.0 Å². The van der Waals surface area contributed by atoms with Crippen LogP contribution in [0.2, 0.25) is 0 Å². The van der Waals surface area contributed by atoms with Gasteiger partial charge in [-0.15, -0.1) is 0 Å². The smallest absolute Gasteiger partial charge is 0.301 e. The molecule has 1 aromatic heterocycles. The first kappa shape index (κ1) is 23.6. The fraction of sp³-hybridized carbons (Fsp3) is 0.179. The number of aliphatic hydroxyl groups excluding tert-OH is 1. The number of carbonyl (C=O) groups excluding carboxylic acids is 2. The topological polar surface area (TPSA) is 89.0 Å². The molecule has 0 radical (unpaired) electrons. The molecule has 0 unspecified atom stereocenters. The number of benzene rings is 3. The van der Waals surface area contributed by atoms with E-state index in [1.807, 2.05) is 18.2 Å². The molecule has 4 aromatic rings. The number of hydrogen-bond acceptors (Lipinski definition) is 7. The molecule has 1 saturated heterocycles. The van der Waals surface area contributed by atoms with Crippen LogP contribution in [0.15, 0.2) is 72.3 Å². The molecule has 1 amide bonds. The Morgan fingerprint density at radius 2 is 1.61 bits per heavy atom. The Morgan fingerprint density at radius 3 is 2.22 bits per heavy atom. The zero-order valence-electron chi connectivity index (χ0n) is 20.0. The normalized spacial score (nSPS) is 17.1. The highest BCUT2D eigenvalue weighted by Gasteiger charge is 2.48. The Hall–Kier alpha value is -4.17. The number of aryl methyl sites for hydroxylation is 1. The van der Waals surface area contributed by atoms with Gasteiger partial charge >= 0.3 is 5.91 Å². The summed E-state index contributed by atoms with van der Waals surface area (Å²) in [4.78, 5) is 32.8. The van der Waals surface area contributed by atoms with Gasteiger partial charge in [0.1, 0.15) is 17.3 Å². The van der Waals surface area contributed by atoms with Gasteiger partial charge in [0.05, 0.1) is 36.1 Å². The molecule has 1 N–H and O–H groups in total. The van der Waals surface area contributed by atoms with Crippen LogP contribution in [0.4, 0.5) is 5.13 Å². The summed E-state index contributed by atoms with van der Waals surface area (Å²) in [7, 11) is 3.11. The average molecular weight is 501 g/mol. The molecule has 182 valence electrons. The second kappa shape index (κ2) is 9.47. The predicted octanol–water partition coefficient (Wildman–Crippen LogP) is 5.50. The Kier molecular flexibility index (Phi) is 6.20.